The molecule has 0 saturated carbocycles. The molecular formula is C41H51F2N6O14P. The van der Waals surface area contributed by atoms with Crippen molar-refractivity contribution in [3.63, 3.8) is 0 Å². The Bertz CT molecular complexity index is 2210. The van der Waals surface area contributed by atoms with Crippen molar-refractivity contribution < 1.29 is 75.4 Å². The Balaban J connectivity index is 1.35. The maximum Gasteiger partial charge on any atom is 0.469 e. The van der Waals surface area contributed by atoms with Gasteiger partial charge in [0.1, 0.15) is 54.0 Å². The lowest BCUT2D eigenvalue weighted by Gasteiger charge is -2.37. The van der Waals surface area contributed by atoms with E-state index in [1.807, 2.05) is 0 Å². The van der Waals surface area contributed by atoms with Gasteiger partial charge in [-0.3, -0.25) is 33.3 Å². The summed E-state index contributed by atoms with van der Waals surface area (Å²) in [4.78, 5) is 121. The summed E-state index contributed by atoms with van der Waals surface area (Å²) in [6.45, 7) is 5.51. The van der Waals surface area contributed by atoms with Gasteiger partial charge in [0.25, 0.3) is 0 Å². The van der Waals surface area contributed by atoms with E-state index in [4.69, 9.17) is 18.7 Å². The monoisotopic (exact) mass is 920 g/mol. The molecule has 0 aromatic heterocycles. The number of likely N-dealkylation sites (N-methyl/N-ethyl adjacent to an activating group) is 1. The standard InChI is InChI=1S/C41H51F2N6O14P/c1-20-11-30-41(56)62-22(3)34(46-36(51)28(14-25-12-26(42)17-27(43)13-25)45-33(50)16-24-8-9-31-32(15-24)61-19-60-31)40(55)48-10-6-7-29(48)39(54)47(5)35(23(4)63-64(57,58)59)37(52)44-21(2)38(53)49(30)18-20/h8-9,12-13,15,17,20-23,28-30,34-35H,6-7,10-11,14,16,18-19H2,1-5H3,(H,44,52)(H,45,50)(H,46,51)(H2,57,58,59)/t20-,21+,22+,23-,28+,29+,30+,34+,35+/m1/s1. The second-order valence-corrected chi connectivity index (χ2v) is 17.7. The topological polar surface area (TPSA) is 260 Å². The number of hydrogen-bond donors (Lipinski definition) is 5. The lowest BCUT2D eigenvalue weighted by atomic mass is 10.0. The van der Waals surface area contributed by atoms with Gasteiger partial charge < -0.3 is 54.6 Å². The molecule has 3 saturated heterocycles. The van der Waals surface area contributed by atoms with Crippen LogP contribution in [0.2, 0.25) is 0 Å². The predicted molar refractivity (Wildman–Crippen MR) is 217 cm³/mol. The van der Waals surface area contributed by atoms with Crippen molar-refractivity contribution in [1.29, 1.82) is 0 Å². The summed E-state index contributed by atoms with van der Waals surface area (Å²) in [6.07, 6.45) is -3.55. The molecule has 6 amide bonds. The number of carbonyl (C=O) groups excluding carboxylic acids is 7. The Kier molecular flexibility index (Phi) is 14.6. The third kappa shape index (κ3) is 11.1. The third-order valence-corrected chi connectivity index (χ3v) is 12.2. The highest BCUT2D eigenvalue weighted by Crippen LogP contribution is 2.39. The molecule has 4 aliphatic rings. The fourth-order valence-electron chi connectivity index (χ4n) is 8.56. The molecule has 348 valence electrons. The highest BCUT2D eigenvalue weighted by atomic mass is 31.2. The van der Waals surface area contributed by atoms with E-state index in [9.17, 15) is 56.7 Å². The average Bonchev–Trinajstić information content (AvgIpc) is 3.97. The maximum atomic E-state index is 14.8. The Morgan fingerprint density at radius 2 is 1.62 bits per heavy atom. The molecule has 0 aliphatic carbocycles. The quantitative estimate of drug-likeness (QED) is 0.160. The Morgan fingerprint density at radius 3 is 2.31 bits per heavy atom. The maximum absolute atomic E-state index is 14.8. The molecular weight excluding hydrogens is 869 g/mol. The number of fused-ring (bicyclic) bond motifs is 3. The van der Waals surface area contributed by atoms with Crippen LogP contribution in [0.1, 0.15) is 58.1 Å². The molecule has 0 spiro atoms. The first-order valence-electron chi connectivity index (χ1n) is 20.7. The first kappa shape index (κ1) is 47.8. The SMILES string of the molecule is C[C@@H]1C[C@H]2C(=O)O[C@@H](C)[C@H](NC(=O)[C@H](Cc3cc(F)cc(F)c3)NC(=O)Cc3ccc4c(c3)OCO4)C(=O)N3CCC[C@H]3C(=O)N(C)[C@@H]([C@@H](C)OP(=O)(O)O)C(=O)N[C@@H](C)C(=O)N2C1. The summed E-state index contributed by atoms with van der Waals surface area (Å²) in [5, 5.41) is 7.61. The van der Waals surface area contributed by atoms with Gasteiger partial charge in [-0.15, -0.1) is 0 Å². The van der Waals surface area contributed by atoms with Gasteiger partial charge in [0, 0.05) is 32.6 Å². The molecule has 0 radical (unpaired) electrons. The molecule has 0 unspecified atom stereocenters. The van der Waals surface area contributed by atoms with Crippen molar-refractivity contribution >= 4 is 49.2 Å². The molecule has 23 heteroatoms. The van der Waals surface area contributed by atoms with Crippen LogP contribution in [0, 0.1) is 17.6 Å². The predicted octanol–water partition coefficient (Wildman–Crippen LogP) is 0.451. The molecule has 5 N–H and O–H groups in total. The van der Waals surface area contributed by atoms with Crippen molar-refractivity contribution in [2.24, 2.45) is 5.92 Å². The first-order chi connectivity index (χ1) is 30.1. The van der Waals surface area contributed by atoms with Crippen LogP contribution in [-0.4, -0.2) is 141 Å². The lowest BCUT2D eigenvalue weighted by molar-refractivity contribution is -0.163. The van der Waals surface area contributed by atoms with Crippen LogP contribution in [0.25, 0.3) is 0 Å². The number of ether oxygens (including phenoxy) is 3. The number of amides is 6. The van der Waals surface area contributed by atoms with E-state index >= 15 is 0 Å². The average molecular weight is 921 g/mol. The van der Waals surface area contributed by atoms with Gasteiger partial charge in [0.2, 0.25) is 42.2 Å². The molecule has 4 aliphatic heterocycles. The smallest absolute Gasteiger partial charge is 0.458 e. The number of nitrogens with zero attached hydrogens (tertiary/aromatic N) is 3. The summed E-state index contributed by atoms with van der Waals surface area (Å²) < 4.78 is 62.2. The molecule has 2 aromatic rings. The summed E-state index contributed by atoms with van der Waals surface area (Å²) in [6, 6.07) is -1.71. The number of hydrogen-bond acceptors (Lipinski definition) is 12. The highest BCUT2D eigenvalue weighted by molar-refractivity contribution is 7.46. The summed E-state index contributed by atoms with van der Waals surface area (Å²) in [7, 11) is -4.09. The number of phosphoric ester groups is 1. The van der Waals surface area contributed by atoms with Gasteiger partial charge in [0.15, 0.2) is 11.5 Å². The summed E-state index contributed by atoms with van der Waals surface area (Å²) in [5.74, 6) is -7.60. The van der Waals surface area contributed by atoms with E-state index in [-0.39, 0.29) is 57.0 Å². The Morgan fingerprint density at radius 1 is 0.938 bits per heavy atom. The van der Waals surface area contributed by atoms with Crippen LogP contribution in [-0.2, 0) is 60.2 Å². The highest BCUT2D eigenvalue weighted by Gasteiger charge is 2.48. The lowest BCUT2D eigenvalue weighted by Crippen LogP contribution is -2.63. The van der Waals surface area contributed by atoms with Crippen LogP contribution in [0.15, 0.2) is 36.4 Å². The second kappa shape index (κ2) is 19.6. The van der Waals surface area contributed by atoms with E-state index in [0.29, 0.717) is 23.1 Å². The van der Waals surface area contributed by atoms with Gasteiger partial charge in [-0.25, -0.2) is 18.1 Å². The van der Waals surface area contributed by atoms with Crippen LogP contribution < -0.4 is 25.4 Å². The molecule has 2 aromatic carbocycles. The number of esters is 1. The largest absolute Gasteiger partial charge is 0.469 e. The second-order valence-electron chi connectivity index (χ2n) is 16.6. The Hall–Kier alpha value is -5.70. The molecule has 20 nitrogen and oxygen atoms in total. The first-order valence-corrected chi connectivity index (χ1v) is 22.2. The molecule has 4 heterocycles. The van der Waals surface area contributed by atoms with Gasteiger partial charge in [-0.05, 0) is 81.3 Å². The summed E-state index contributed by atoms with van der Waals surface area (Å²) >= 11 is 0. The fourth-order valence-corrected chi connectivity index (χ4v) is 9.11. The van der Waals surface area contributed by atoms with E-state index in [0.717, 1.165) is 35.9 Å². The minimum atomic E-state index is -5.25. The van der Waals surface area contributed by atoms with Gasteiger partial charge in [0.05, 0.1) is 12.5 Å². The van der Waals surface area contributed by atoms with Crippen LogP contribution in [0.3, 0.4) is 0 Å². The van der Waals surface area contributed by atoms with Crippen molar-refractivity contribution in [2.45, 2.75) is 108 Å². The van der Waals surface area contributed by atoms with Crippen LogP contribution in [0.4, 0.5) is 8.78 Å². The minimum absolute atomic E-state index is 0.0192. The van der Waals surface area contributed by atoms with Crippen molar-refractivity contribution in [3.8, 4) is 11.5 Å². The van der Waals surface area contributed by atoms with E-state index in [1.165, 1.54) is 18.7 Å². The normalized spacial score (nSPS) is 26.5. The van der Waals surface area contributed by atoms with E-state index < -0.39 is 116 Å². The zero-order chi connectivity index (χ0) is 46.8. The molecule has 64 heavy (non-hydrogen) atoms. The number of cyclic esters (lactones) is 1. The fraction of sp³-hybridized carbons (Fsp3) is 0.537. The molecule has 9 atom stereocenters. The van der Waals surface area contributed by atoms with Gasteiger partial charge >= 0.3 is 13.8 Å². The molecule has 3 fully saturated rings. The number of carbonyl (C=O) groups is 7. The number of halogens is 2. The van der Waals surface area contributed by atoms with Crippen molar-refractivity contribution in [1.82, 2.24) is 30.7 Å². The zero-order valence-corrected chi connectivity index (χ0v) is 36.5. The molecule has 0 bridgehead atoms. The Labute approximate surface area is 366 Å². The third-order valence-electron chi connectivity index (χ3n) is 11.5. The number of rotatable bonds is 10. The molecule has 6 rings (SSSR count). The minimum Gasteiger partial charge on any atom is -0.458 e. The number of phosphoric acid groups is 1. The van der Waals surface area contributed by atoms with Crippen LogP contribution in [0.5, 0.6) is 11.5 Å². The van der Waals surface area contributed by atoms with Gasteiger partial charge in [-0.1, -0.05) is 13.0 Å². The van der Waals surface area contributed by atoms with Crippen LogP contribution >= 0.6 is 7.82 Å². The number of nitrogens with one attached hydrogen (secondary N) is 3. The van der Waals surface area contributed by atoms with E-state index in [1.54, 1.807) is 25.1 Å². The van der Waals surface area contributed by atoms with Crippen molar-refractivity contribution in [3.05, 3.63) is 59.2 Å². The summed E-state index contributed by atoms with van der Waals surface area (Å²) in [5.41, 5.74) is 0.425. The van der Waals surface area contributed by atoms with Gasteiger partial charge in [-0.2, -0.15) is 0 Å². The zero-order valence-electron chi connectivity index (χ0n) is 35.7. The van der Waals surface area contributed by atoms with E-state index in [2.05, 4.69) is 16.0 Å². The van der Waals surface area contributed by atoms with Crippen molar-refractivity contribution in [2.75, 3.05) is 26.9 Å². The number of benzene rings is 2.